The number of carbonyl (C=O) groups excluding carboxylic acids is 4. The van der Waals surface area contributed by atoms with Crippen molar-refractivity contribution in [1.82, 2.24) is 14.5 Å². The molecule has 2 saturated heterocycles. The van der Waals surface area contributed by atoms with Gasteiger partial charge in [-0.25, -0.2) is 8.42 Å². The Hall–Kier alpha value is -3.52. The van der Waals surface area contributed by atoms with Crippen molar-refractivity contribution >= 4 is 40.1 Å². The summed E-state index contributed by atoms with van der Waals surface area (Å²) in [6.07, 6.45) is 3.22. The molecule has 1 aromatic rings. The lowest BCUT2D eigenvalue weighted by molar-refractivity contribution is -0.143. The molecule has 2 fully saturated rings. The van der Waals surface area contributed by atoms with Gasteiger partial charge in [0, 0.05) is 19.1 Å². The number of methoxy groups -OCH3 is 1. The third-order valence-corrected chi connectivity index (χ3v) is 7.58. The molecular weight excluding hydrogens is 528 g/mol. The molecule has 2 heterocycles. The maximum atomic E-state index is 12.7. The first-order valence-corrected chi connectivity index (χ1v) is 14.2. The lowest BCUT2D eigenvalue weighted by Gasteiger charge is -2.38. The quantitative estimate of drug-likeness (QED) is 0.148. The highest BCUT2D eigenvalue weighted by Crippen LogP contribution is 2.30. The summed E-state index contributed by atoms with van der Waals surface area (Å²) in [6.45, 7) is 4.47. The lowest BCUT2D eigenvalue weighted by Crippen LogP contribution is -2.59. The molecule has 0 aliphatic carbocycles. The molecule has 2 aliphatic rings. The van der Waals surface area contributed by atoms with E-state index in [4.69, 9.17) is 16.3 Å². The number of hydrogen-bond donors (Lipinski definition) is 3. The molecule has 3 rings (SSSR count). The first-order chi connectivity index (χ1) is 18.5. The summed E-state index contributed by atoms with van der Waals surface area (Å²) in [5.74, 6) is -0.861. The van der Waals surface area contributed by atoms with Crippen molar-refractivity contribution in [1.29, 1.82) is 0 Å². The highest BCUT2D eigenvalue weighted by atomic mass is 32.2. The van der Waals surface area contributed by atoms with Crippen molar-refractivity contribution in [3.05, 3.63) is 35.9 Å². The molecule has 0 saturated carbocycles. The van der Waals surface area contributed by atoms with Crippen molar-refractivity contribution in [3.63, 3.8) is 0 Å². The van der Waals surface area contributed by atoms with Crippen molar-refractivity contribution in [2.45, 2.75) is 57.4 Å². The van der Waals surface area contributed by atoms with E-state index < -0.39 is 16.1 Å². The fourth-order valence-corrected chi connectivity index (χ4v) is 5.52. The molecule has 0 radical (unpaired) electrons. The summed E-state index contributed by atoms with van der Waals surface area (Å²) in [7, 11) is -2.31. The van der Waals surface area contributed by atoms with Gasteiger partial charge in [0.05, 0.1) is 26.0 Å². The number of nitrogens with two attached hydrogens (primary N) is 2. The standard InChI is InChI=1S/C18H23N3O5S.C5H13N3.C2H4O2/c1-13(22)9-19-18(24)16-8-7-15-10-20(11-17(23)21(15)16)27(25,26)12-14-5-3-2-4-6-14;1-2-3-4-8-5(6)7;1-4-2-3/h2-6,15-16H,7-12H2,1H3,(H,19,24);2-4H2,1H3,(H4,6,7,8);2H,1H3. The highest BCUT2D eigenvalue weighted by Gasteiger charge is 2.46. The normalized spacial score (nSPS) is 18.3. The number of fused-ring (bicyclic) bond motifs is 1. The van der Waals surface area contributed by atoms with Gasteiger partial charge in [0.25, 0.3) is 6.47 Å². The number of guanidine groups is 1. The van der Waals surface area contributed by atoms with Crippen molar-refractivity contribution in [2.75, 3.05) is 33.3 Å². The van der Waals surface area contributed by atoms with Crippen LogP contribution in [-0.4, -0.2) is 93.0 Å². The third-order valence-electron chi connectivity index (χ3n) is 5.82. The number of sulfonamides is 1. The number of benzene rings is 1. The van der Waals surface area contributed by atoms with Gasteiger partial charge in [-0.3, -0.25) is 24.2 Å². The van der Waals surface area contributed by atoms with E-state index in [1.807, 2.05) is 6.07 Å². The van der Waals surface area contributed by atoms with Gasteiger partial charge < -0.3 is 26.4 Å². The number of piperazine rings is 1. The molecule has 5 N–H and O–H groups in total. The molecule has 2 aliphatic heterocycles. The van der Waals surface area contributed by atoms with E-state index in [-0.39, 0.29) is 55.0 Å². The molecule has 2 amide bonds. The minimum absolute atomic E-state index is 0.0698. The van der Waals surface area contributed by atoms with Crippen molar-refractivity contribution < 1.29 is 32.3 Å². The minimum atomic E-state index is -3.63. The van der Waals surface area contributed by atoms with Crippen LogP contribution in [0.3, 0.4) is 0 Å². The topological polar surface area (TPSA) is 195 Å². The van der Waals surface area contributed by atoms with Crippen molar-refractivity contribution in [3.8, 4) is 0 Å². The van der Waals surface area contributed by atoms with Crippen LogP contribution in [0.15, 0.2) is 35.3 Å². The number of ketones is 1. The SMILES string of the molecule is CC(=O)CNC(=O)C1CCC2CN(S(=O)(=O)Cc3ccccc3)CC(=O)N21.CCCCN=C(N)N.COC=O. The molecule has 218 valence electrons. The molecule has 0 spiro atoms. The highest BCUT2D eigenvalue weighted by molar-refractivity contribution is 7.88. The summed E-state index contributed by atoms with van der Waals surface area (Å²) < 4.78 is 30.5. The fraction of sp³-hybridized carbons (Fsp3) is 0.560. The van der Waals surface area contributed by atoms with Crippen LogP contribution in [0.5, 0.6) is 0 Å². The Kier molecular flexibility index (Phi) is 14.7. The number of ether oxygens (including phenoxy) is 1. The van der Waals surface area contributed by atoms with Gasteiger partial charge in [-0.05, 0) is 31.7 Å². The Morgan fingerprint density at radius 2 is 1.85 bits per heavy atom. The number of carbonyl (C=O) groups is 4. The van der Waals surface area contributed by atoms with Gasteiger partial charge >= 0.3 is 0 Å². The molecule has 13 nitrogen and oxygen atoms in total. The van der Waals surface area contributed by atoms with Crippen LogP contribution in [0.25, 0.3) is 0 Å². The van der Waals surface area contributed by atoms with Gasteiger partial charge in [-0.15, -0.1) is 0 Å². The summed E-state index contributed by atoms with van der Waals surface area (Å²) in [5.41, 5.74) is 10.8. The summed E-state index contributed by atoms with van der Waals surface area (Å²) in [4.78, 5) is 50.2. The van der Waals surface area contributed by atoms with Crippen LogP contribution in [0.1, 0.15) is 45.1 Å². The molecule has 14 heteroatoms. The minimum Gasteiger partial charge on any atom is -0.471 e. The van der Waals surface area contributed by atoms with Crippen LogP contribution in [-0.2, 0) is 39.7 Å². The molecular formula is C25H40N6O7S. The first kappa shape index (κ1) is 33.5. The van der Waals surface area contributed by atoms with Gasteiger partial charge in [-0.1, -0.05) is 43.7 Å². The zero-order chi connectivity index (χ0) is 29.4. The molecule has 1 aromatic carbocycles. The predicted molar refractivity (Wildman–Crippen MR) is 147 cm³/mol. The fourth-order valence-electron chi connectivity index (χ4n) is 4.01. The Morgan fingerprint density at radius 1 is 1.21 bits per heavy atom. The van der Waals surface area contributed by atoms with Crippen LogP contribution in [0, 0.1) is 0 Å². The molecule has 2 atom stereocenters. The molecule has 0 bridgehead atoms. The van der Waals surface area contributed by atoms with E-state index in [2.05, 4.69) is 22.0 Å². The Morgan fingerprint density at radius 3 is 2.38 bits per heavy atom. The number of nitrogens with zero attached hydrogens (tertiary/aromatic N) is 3. The van der Waals surface area contributed by atoms with E-state index in [0.29, 0.717) is 24.9 Å². The number of rotatable bonds is 10. The molecule has 39 heavy (non-hydrogen) atoms. The Bertz CT molecular complexity index is 1080. The summed E-state index contributed by atoms with van der Waals surface area (Å²) in [6, 6.07) is 7.88. The van der Waals surface area contributed by atoms with Gasteiger partial charge in [0.15, 0.2) is 5.96 Å². The second kappa shape index (κ2) is 17.1. The van der Waals surface area contributed by atoms with E-state index in [1.54, 1.807) is 24.3 Å². The number of aliphatic imine (C=N–C) groups is 1. The number of hydrogen-bond acceptors (Lipinski definition) is 8. The monoisotopic (exact) mass is 568 g/mol. The third kappa shape index (κ3) is 11.8. The summed E-state index contributed by atoms with van der Waals surface area (Å²) in [5, 5.41) is 2.54. The van der Waals surface area contributed by atoms with Gasteiger partial charge in [0.2, 0.25) is 21.8 Å². The number of nitrogens with one attached hydrogen (secondary N) is 1. The molecule has 0 aromatic heterocycles. The second-order valence-electron chi connectivity index (χ2n) is 8.99. The van der Waals surface area contributed by atoms with Crippen LogP contribution < -0.4 is 16.8 Å². The predicted octanol–water partition coefficient (Wildman–Crippen LogP) is -0.254. The second-order valence-corrected chi connectivity index (χ2v) is 11.0. The maximum Gasteiger partial charge on any atom is 0.292 e. The average molecular weight is 569 g/mol. The van der Waals surface area contributed by atoms with Crippen LogP contribution in [0.2, 0.25) is 0 Å². The zero-order valence-electron chi connectivity index (χ0n) is 22.7. The number of Topliss-reactive ketones (excluding diaryl/α,β-unsaturated/α-hetero) is 1. The summed E-state index contributed by atoms with van der Waals surface area (Å²) >= 11 is 0. The van der Waals surface area contributed by atoms with E-state index in [9.17, 15) is 22.8 Å². The Balaban J connectivity index is 0.000000532. The smallest absolute Gasteiger partial charge is 0.292 e. The van der Waals surface area contributed by atoms with Crippen LogP contribution in [0.4, 0.5) is 0 Å². The van der Waals surface area contributed by atoms with Gasteiger partial charge in [-0.2, -0.15) is 4.31 Å². The maximum absolute atomic E-state index is 12.7. The number of amides is 2. The largest absolute Gasteiger partial charge is 0.471 e. The van der Waals surface area contributed by atoms with E-state index in [0.717, 1.165) is 19.4 Å². The Labute approximate surface area is 230 Å². The van der Waals surface area contributed by atoms with E-state index >= 15 is 0 Å². The average Bonchev–Trinajstić information content (AvgIpc) is 3.33. The number of unbranched alkanes of at least 4 members (excludes halogenated alkanes) is 1. The lowest BCUT2D eigenvalue weighted by atomic mass is 10.2. The first-order valence-electron chi connectivity index (χ1n) is 12.6. The molecule has 2 unspecified atom stereocenters. The van der Waals surface area contributed by atoms with Crippen molar-refractivity contribution in [2.24, 2.45) is 16.5 Å². The zero-order valence-corrected chi connectivity index (χ0v) is 23.6. The van der Waals surface area contributed by atoms with Crippen LogP contribution >= 0.6 is 0 Å². The van der Waals surface area contributed by atoms with E-state index in [1.165, 1.54) is 23.2 Å². The van der Waals surface area contributed by atoms with Gasteiger partial charge in [0.1, 0.15) is 11.8 Å².